The maximum Gasteiger partial charge on any atom is 0.147 e. The summed E-state index contributed by atoms with van der Waals surface area (Å²) in [6.45, 7) is 8.20. The van der Waals surface area contributed by atoms with E-state index in [2.05, 4.69) is 19.6 Å². The van der Waals surface area contributed by atoms with Gasteiger partial charge in [-0.15, -0.1) is 0 Å². The molecule has 0 heterocycles. The van der Waals surface area contributed by atoms with Gasteiger partial charge in [0.25, 0.3) is 0 Å². The molecular weight excluding hydrogens is 336 g/mol. The number of hydrogen-bond acceptors (Lipinski definition) is 4. The third-order valence-electron chi connectivity index (χ3n) is 4.90. The Balaban J connectivity index is 2.44. The van der Waals surface area contributed by atoms with Crippen LogP contribution in [0.4, 0.5) is 0 Å². The van der Waals surface area contributed by atoms with Crippen LogP contribution in [-0.4, -0.2) is 30.6 Å². The van der Waals surface area contributed by atoms with Crippen molar-refractivity contribution in [2.24, 2.45) is 5.92 Å². The number of rotatable bonds is 6. The molecule has 0 aliphatic heterocycles. The highest BCUT2D eigenvalue weighted by molar-refractivity contribution is 7.90. The lowest BCUT2D eigenvalue weighted by molar-refractivity contribution is 0.423. The normalized spacial score (nSPS) is 21.0. The van der Waals surface area contributed by atoms with E-state index in [1.54, 1.807) is 6.07 Å². The molecule has 0 bridgehead atoms. The predicted molar refractivity (Wildman–Crippen MR) is 102 cm³/mol. The first kappa shape index (κ1) is 19.6. The second kappa shape index (κ2) is 7.65. The Hall–Kier alpha value is -1.75. The predicted octanol–water partition coefficient (Wildman–Crippen LogP) is 4.09. The molecule has 2 N–H and O–H groups in total. The van der Waals surface area contributed by atoms with Crippen molar-refractivity contribution < 1.29 is 18.6 Å². The molecule has 2 atom stereocenters. The summed E-state index contributed by atoms with van der Waals surface area (Å²) in [5, 5.41) is 20.4. The highest BCUT2D eigenvalue weighted by atomic mass is 32.2. The summed E-state index contributed by atoms with van der Waals surface area (Å²) >= 11 is 0. The number of sulfone groups is 1. The Morgan fingerprint density at radius 3 is 2.60 bits per heavy atom. The molecule has 0 unspecified atom stereocenters. The van der Waals surface area contributed by atoms with Gasteiger partial charge in [-0.3, -0.25) is 0 Å². The third kappa shape index (κ3) is 5.11. The lowest BCUT2D eigenvalue weighted by atomic mass is 9.72. The number of hydrogen-bond donors (Lipinski definition) is 2. The van der Waals surface area contributed by atoms with Crippen molar-refractivity contribution in [2.45, 2.75) is 45.4 Å². The van der Waals surface area contributed by atoms with Crippen LogP contribution in [0.2, 0.25) is 0 Å². The van der Waals surface area contributed by atoms with Crippen molar-refractivity contribution in [1.82, 2.24) is 0 Å². The lowest BCUT2D eigenvalue weighted by Gasteiger charge is -2.32. The summed E-state index contributed by atoms with van der Waals surface area (Å²) in [6.07, 6.45) is 6.34. The summed E-state index contributed by atoms with van der Waals surface area (Å²) in [6, 6.07) is 3.01. The van der Waals surface area contributed by atoms with Crippen LogP contribution in [0.15, 0.2) is 35.9 Å². The van der Waals surface area contributed by atoms with Gasteiger partial charge in [0.15, 0.2) is 0 Å². The Morgan fingerprint density at radius 1 is 1.32 bits per heavy atom. The van der Waals surface area contributed by atoms with Gasteiger partial charge in [0.2, 0.25) is 0 Å². The van der Waals surface area contributed by atoms with Crippen molar-refractivity contribution in [3.05, 3.63) is 47.1 Å². The van der Waals surface area contributed by atoms with Gasteiger partial charge < -0.3 is 10.2 Å². The van der Waals surface area contributed by atoms with Gasteiger partial charge in [-0.05, 0) is 57.1 Å². The number of allylic oxidation sites excluding steroid dienone is 3. The van der Waals surface area contributed by atoms with Gasteiger partial charge in [0.05, 0.1) is 5.75 Å². The molecule has 0 spiro atoms. The standard InChI is InChI=1S/C20H28O4S/c1-13(2)17-8-7-14(3)10-18(17)20-15(6-5-9-25(4,23)24)11-16(21)12-19(20)22/h10-12,17-18,21-22H,1,5-9H2,2-4H3/t17-,18+/m0/s1. The number of aryl methyl sites for hydroxylation is 1. The maximum atomic E-state index is 11.4. The van der Waals surface area contributed by atoms with Gasteiger partial charge in [0, 0.05) is 23.8 Å². The summed E-state index contributed by atoms with van der Waals surface area (Å²) in [5.41, 5.74) is 3.95. The first-order valence-electron chi connectivity index (χ1n) is 8.63. The second-order valence-corrected chi connectivity index (χ2v) is 9.56. The molecule has 25 heavy (non-hydrogen) atoms. The molecule has 138 valence electrons. The summed E-state index contributed by atoms with van der Waals surface area (Å²) in [7, 11) is -3.04. The molecule has 0 aromatic heterocycles. The fourth-order valence-corrected chi connectivity index (χ4v) is 4.37. The van der Waals surface area contributed by atoms with E-state index >= 15 is 0 Å². The highest BCUT2D eigenvalue weighted by Gasteiger charge is 2.29. The molecule has 4 nitrogen and oxygen atoms in total. The minimum absolute atomic E-state index is 0.0000775. The van der Waals surface area contributed by atoms with Crippen molar-refractivity contribution in [3.63, 3.8) is 0 Å². The van der Waals surface area contributed by atoms with Gasteiger partial charge in [-0.2, -0.15) is 0 Å². The first-order valence-corrected chi connectivity index (χ1v) is 10.7. The quantitative estimate of drug-likeness (QED) is 0.746. The number of aromatic hydroxyl groups is 2. The average molecular weight is 365 g/mol. The molecule has 1 aliphatic rings. The molecule has 5 heteroatoms. The number of phenolic OH excluding ortho intramolecular Hbond substituents is 2. The molecule has 2 rings (SSSR count). The van der Waals surface area contributed by atoms with Crippen molar-refractivity contribution in [1.29, 1.82) is 0 Å². The van der Waals surface area contributed by atoms with E-state index < -0.39 is 9.84 Å². The van der Waals surface area contributed by atoms with Crippen LogP contribution >= 0.6 is 0 Å². The molecule has 1 aliphatic carbocycles. The summed E-state index contributed by atoms with van der Waals surface area (Å²) < 4.78 is 22.8. The summed E-state index contributed by atoms with van der Waals surface area (Å²) in [5.74, 6) is 0.384. The monoisotopic (exact) mass is 364 g/mol. The van der Waals surface area contributed by atoms with Gasteiger partial charge in [-0.1, -0.05) is 23.8 Å². The zero-order valence-electron chi connectivity index (χ0n) is 15.2. The molecule has 1 aromatic carbocycles. The van der Waals surface area contributed by atoms with Crippen LogP contribution in [0, 0.1) is 5.92 Å². The van der Waals surface area contributed by atoms with Crippen LogP contribution in [0.1, 0.15) is 50.2 Å². The SMILES string of the molecule is C=C(C)[C@@H]1CCC(C)=C[C@H]1c1c(O)cc(O)cc1CCCS(C)(=O)=O. The average Bonchev–Trinajstić information content (AvgIpc) is 2.44. The molecule has 0 saturated heterocycles. The first-order chi connectivity index (χ1) is 11.6. The van der Waals surface area contributed by atoms with Crippen LogP contribution in [-0.2, 0) is 16.3 Å². The molecule has 0 fully saturated rings. The lowest BCUT2D eigenvalue weighted by Crippen LogP contribution is -2.18. The minimum atomic E-state index is -3.04. The molecule has 1 aromatic rings. The Morgan fingerprint density at radius 2 is 2.00 bits per heavy atom. The van der Waals surface area contributed by atoms with Gasteiger partial charge in [0.1, 0.15) is 21.3 Å². The van der Waals surface area contributed by atoms with Crippen molar-refractivity contribution in [3.8, 4) is 11.5 Å². The fourth-order valence-electron chi connectivity index (χ4n) is 3.70. The molecule has 0 radical (unpaired) electrons. The second-order valence-electron chi connectivity index (χ2n) is 7.30. The van der Waals surface area contributed by atoms with Gasteiger partial charge in [-0.25, -0.2) is 8.42 Å². The third-order valence-corrected chi connectivity index (χ3v) is 5.93. The van der Waals surface area contributed by atoms with Crippen LogP contribution < -0.4 is 0 Å². The van der Waals surface area contributed by atoms with E-state index in [0.29, 0.717) is 12.8 Å². The van der Waals surface area contributed by atoms with E-state index in [9.17, 15) is 18.6 Å². The van der Waals surface area contributed by atoms with Crippen LogP contribution in [0.25, 0.3) is 0 Å². The Labute approximate surface area is 150 Å². The number of phenols is 2. The minimum Gasteiger partial charge on any atom is -0.508 e. The van der Waals surface area contributed by atoms with Crippen molar-refractivity contribution in [2.75, 3.05) is 12.0 Å². The largest absolute Gasteiger partial charge is 0.508 e. The van der Waals surface area contributed by atoms with Crippen LogP contribution in [0.3, 0.4) is 0 Å². The Bertz CT molecular complexity index is 790. The van der Waals surface area contributed by atoms with E-state index in [4.69, 9.17) is 0 Å². The fraction of sp³-hybridized carbons (Fsp3) is 0.500. The molecular formula is C20H28O4S. The molecule has 0 amide bonds. The van der Waals surface area contributed by atoms with Gasteiger partial charge >= 0.3 is 0 Å². The summed E-state index contributed by atoms with van der Waals surface area (Å²) in [4.78, 5) is 0. The Kier molecular flexibility index (Phi) is 5.99. The number of benzene rings is 1. The van der Waals surface area contributed by atoms with E-state index in [1.807, 2.05) is 6.92 Å². The van der Waals surface area contributed by atoms with Crippen LogP contribution in [0.5, 0.6) is 11.5 Å². The molecule has 0 saturated carbocycles. The zero-order valence-corrected chi connectivity index (χ0v) is 16.1. The van der Waals surface area contributed by atoms with E-state index in [-0.39, 0.29) is 29.1 Å². The highest BCUT2D eigenvalue weighted by Crippen LogP contribution is 2.45. The topological polar surface area (TPSA) is 74.6 Å². The van der Waals surface area contributed by atoms with Crippen molar-refractivity contribution >= 4 is 9.84 Å². The maximum absolute atomic E-state index is 11.4. The smallest absolute Gasteiger partial charge is 0.147 e. The van der Waals surface area contributed by atoms with E-state index in [0.717, 1.165) is 29.5 Å². The van der Waals surface area contributed by atoms with E-state index in [1.165, 1.54) is 17.9 Å². The zero-order chi connectivity index (χ0) is 18.8.